The van der Waals surface area contributed by atoms with Crippen LogP contribution >= 0.6 is 11.6 Å². The quantitative estimate of drug-likeness (QED) is 0.456. The molecule has 1 N–H and O–H groups in total. The first kappa shape index (κ1) is 21.1. The zero-order valence-electron chi connectivity index (χ0n) is 14.0. The highest BCUT2D eigenvalue weighted by Gasteiger charge is 2.30. The van der Waals surface area contributed by atoms with Gasteiger partial charge in [0.1, 0.15) is 17.4 Å². The Morgan fingerprint density at radius 1 is 1.21 bits per heavy atom. The molecular weight excluding hydrogens is 401 g/mol. The van der Waals surface area contributed by atoms with Gasteiger partial charge in [-0.1, -0.05) is 29.5 Å². The first-order chi connectivity index (χ1) is 13.2. The molecule has 0 aliphatic heterocycles. The van der Waals surface area contributed by atoms with Crippen molar-refractivity contribution >= 4 is 23.2 Å². The van der Waals surface area contributed by atoms with Gasteiger partial charge >= 0.3 is 6.18 Å². The Morgan fingerprint density at radius 3 is 2.64 bits per heavy atom. The van der Waals surface area contributed by atoms with Crippen LogP contribution in [0.3, 0.4) is 0 Å². The van der Waals surface area contributed by atoms with E-state index in [1.165, 1.54) is 24.3 Å². The maximum atomic E-state index is 12.6. The molecule has 2 rings (SSSR count). The van der Waals surface area contributed by atoms with Crippen LogP contribution in [0.2, 0.25) is 5.02 Å². The molecule has 0 bridgehead atoms. The number of carbonyl (C=O) groups is 1. The Morgan fingerprint density at radius 2 is 1.96 bits per heavy atom. The van der Waals surface area contributed by atoms with E-state index in [-0.39, 0.29) is 29.5 Å². The molecule has 0 spiro atoms. The minimum Gasteiger partial charge on any atom is -0.481 e. The zero-order chi connectivity index (χ0) is 20.7. The average Bonchev–Trinajstić information content (AvgIpc) is 2.64. The number of hydrogen-bond donors (Lipinski definition) is 1. The zero-order valence-corrected chi connectivity index (χ0v) is 14.8. The van der Waals surface area contributed by atoms with E-state index in [0.717, 1.165) is 18.2 Å². The van der Waals surface area contributed by atoms with Gasteiger partial charge in [-0.3, -0.25) is 14.9 Å². The van der Waals surface area contributed by atoms with Crippen LogP contribution in [0.4, 0.5) is 18.9 Å². The van der Waals surface area contributed by atoms with Gasteiger partial charge in [0, 0.05) is 11.6 Å². The number of hydrogen-bond acceptors (Lipinski definition) is 4. The monoisotopic (exact) mass is 412 g/mol. The molecule has 0 atom stereocenters. The van der Waals surface area contributed by atoms with Gasteiger partial charge in [0.05, 0.1) is 17.0 Å². The number of amides is 1. The maximum Gasteiger partial charge on any atom is 0.416 e. The SMILES string of the molecule is O=C(NCC#CCOc1cccc(C(F)(F)F)c1)c1ccc(Cl)c([N+](=O)[O-])c1. The van der Waals surface area contributed by atoms with Crippen LogP contribution in [0.25, 0.3) is 0 Å². The van der Waals surface area contributed by atoms with Crippen LogP contribution in [0.5, 0.6) is 5.75 Å². The molecule has 0 saturated heterocycles. The Bertz CT molecular complexity index is 952. The summed E-state index contributed by atoms with van der Waals surface area (Å²) in [6.45, 7) is -0.259. The van der Waals surface area contributed by atoms with E-state index in [9.17, 15) is 28.1 Å². The molecule has 2 aromatic rings. The van der Waals surface area contributed by atoms with Gasteiger partial charge in [-0.05, 0) is 30.3 Å². The fourth-order valence-corrected chi connectivity index (χ4v) is 2.20. The van der Waals surface area contributed by atoms with E-state index in [4.69, 9.17) is 16.3 Å². The molecule has 6 nitrogen and oxygen atoms in total. The summed E-state index contributed by atoms with van der Waals surface area (Å²) in [5, 5.41) is 13.2. The molecule has 0 radical (unpaired) electrons. The first-order valence-electron chi connectivity index (χ1n) is 7.66. The fraction of sp³-hybridized carbons (Fsp3) is 0.167. The molecule has 0 aliphatic rings. The van der Waals surface area contributed by atoms with Crippen molar-refractivity contribution in [3.63, 3.8) is 0 Å². The molecule has 0 aliphatic carbocycles. The lowest BCUT2D eigenvalue weighted by molar-refractivity contribution is -0.384. The van der Waals surface area contributed by atoms with Crippen LogP contribution in [0.15, 0.2) is 42.5 Å². The third kappa shape index (κ3) is 5.89. The van der Waals surface area contributed by atoms with E-state index >= 15 is 0 Å². The number of nitro benzene ring substituents is 1. The van der Waals surface area contributed by atoms with E-state index in [2.05, 4.69) is 17.2 Å². The minimum absolute atomic E-state index is 0.0154. The number of benzene rings is 2. The number of nitro groups is 1. The van der Waals surface area contributed by atoms with Crippen molar-refractivity contribution in [2.45, 2.75) is 6.18 Å². The summed E-state index contributed by atoms with van der Waals surface area (Å²) in [6, 6.07) is 7.98. The maximum absolute atomic E-state index is 12.6. The van der Waals surface area contributed by atoms with Crippen molar-refractivity contribution < 1.29 is 27.6 Å². The Kier molecular flexibility index (Phi) is 6.84. The second-order valence-corrected chi connectivity index (χ2v) is 5.68. The van der Waals surface area contributed by atoms with Crippen LogP contribution in [0.1, 0.15) is 15.9 Å². The second kappa shape index (κ2) is 9.10. The number of nitrogens with one attached hydrogen (secondary N) is 1. The van der Waals surface area contributed by atoms with Gasteiger partial charge < -0.3 is 10.1 Å². The summed E-state index contributed by atoms with van der Waals surface area (Å²) >= 11 is 5.67. The highest BCUT2D eigenvalue weighted by Crippen LogP contribution is 2.31. The van der Waals surface area contributed by atoms with Gasteiger partial charge in [0.15, 0.2) is 0 Å². The summed E-state index contributed by atoms with van der Waals surface area (Å²) < 4.78 is 42.9. The predicted molar refractivity (Wildman–Crippen MR) is 95.2 cm³/mol. The first-order valence-corrected chi connectivity index (χ1v) is 8.04. The van der Waals surface area contributed by atoms with Crippen LogP contribution in [0, 0.1) is 22.0 Å². The molecule has 0 saturated carbocycles. The molecule has 10 heteroatoms. The summed E-state index contributed by atoms with van der Waals surface area (Å²) in [5.41, 5.74) is -1.18. The van der Waals surface area contributed by atoms with Crippen molar-refractivity contribution in [2.24, 2.45) is 0 Å². The second-order valence-electron chi connectivity index (χ2n) is 5.27. The van der Waals surface area contributed by atoms with Crippen molar-refractivity contribution in [3.8, 4) is 17.6 Å². The number of rotatable bonds is 5. The molecule has 0 unspecified atom stereocenters. The molecule has 28 heavy (non-hydrogen) atoms. The lowest BCUT2D eigenvalue weighted by Gasteiger charge is -2.08. The van der Waals surface area contributed by atoms with Crippen molar-refractivity contribution in [1.82, 2.24) is 5.32 Å². The van der Waals surface area contributed by atoms with Gasteiger partial charge in [-0.25, -0.2) is 0 Å². The third-order valence-corrected chi connectivity index (χ3v) is 3.66. The fourth-order valence-electron chi connectivity index (χ4n) is 2.02. The molecular formula is C18H12ClF3N2O4. The highest BCUT2D eigenvalue weighted by molar-refractivity contribution is 6.32. The molecule has 2 aromatic carbocycles. The van der Waals surface area contributed by atoms with Gasteiger partial charge in [0.25, 0.3) is 11.6 Å². The summed E-state index contributed by atoms with van der Waals surface area (Å²) in [6.07, 6.45) is -4.47. The van der Waals surface area contributed by atoms with Crippen LogP contribution < -0.4 is 10.1 Å². The van der Waals surface area contributed by atoms with Crippen LogP contribution in [-0.2, 0) is 6.18 Å². The lowest BCUT2D eigenvalue weighted by atomic mass is 10.2. The number of nitrogens with zero attached hydrogens (tertiary/aromatic N) is 1. The van der Waals surface area contributed by atoms with E-state index in [1.807, 2.05) is 0 Å². The number of carbonyl (C=O) groups excluding carboxylic acids is 1. The van der Waals surface area contributed by atoms with Crippen molar-refractivity contribution in [3.05, 3.63) is 68.7 Å². The van der Waals surface area contributed by atoms with Crippen molar-refractivity contribution in [2.75, 3.05) is 13.2 Å². The largest absolute Gasteiger partial charge is 0.481 e. The summed E-state index contributed by atoms with van der Waals surface area (Å²) in [7, 11) is 0. The topological polar surface area (TPSA) is 81.5 Å². The minimum atomic E-state index is -4.47. The van der Waals surface area contributed by atoms with Gasteiger partial charge in [-0.2, -0.15) is 13.2 Å². The molecule has 0 heterocycles. The Labute approximate surface area is 162 Å². The number of alkyl halides is 3. The molecule has 0 fully saturated rings. The standard InChI is InChI=1S/C18H12ClF3N2O4/c19-15-7-6-12(10-16(15)24(26)27)17(25)23-8-1-2-9-28-14-5-3-4-13(11-14)18(20,21)22/h3-7,10-11H,8-9H2,(H,23,25). The van der Waals surface area contributed by atoms with Crippen LogP contribution in [-0.4, -0.2) is 24.0 Å². The van der Waals surface area contributed by atoms with Crippen molar-refractivity contribution in [1.29, 1.82) is 0 Å². The van der Waals surface area contributed by atoms with E-state index in [0.29, 0.717) is 0 Å². The highest BCUT2D eigenvalue weighted by atomic mass is 35.5. The summed E-state index contributed by atoms with van der Waals surface area (Å²) in [4.78, 5) is 22.0. The number of ether oxygens (including phenoxy) is 1. The van der Waals surface area contributed by atoms with E-state index < -0.39 is 28.3 Å². The average molecular weight is 413 g/mol. The van der Waals surface area contributed by atoms with Gasteiger partial charge in [0.2, 0.25) is 0 Å². The van der Waals surface area contributed by atoms with E-state index in [1.54, 1.807) is 0 Å². The lowest BCUT2D eigenvalue weighted by Crippen LogP contribution is -2.23. The molecule has 146 valence electrons. The molecule has 1 amide bonds. The normalized spacial score (nSPS) is 10.6. The van der Waals surface area contributed by atoms with Gasteiger partial charge in [-0.15, -0.1) is 0 Å². The Hall–Kier alpha value is -3.25. The smallest absolute Gasteiger partial charge is 0.416 e. The Balaban J connectivity index is 1.85. The predicted octanol–water partition coefficient (Wildman–Crippen LogP) is 4.08. The third-order valence-electron chi connectivity index (χ3n) is 3.34. The molecule has 0 aromatic heterocycles. The number of halogens is 4. The summed E-state index contributed by atoms with van der Waals surface area (Å²) in [5.74, 6) is 4.53.